The summed E-state index contributed by atoms with van der Waals surface area (Å²) in [5.74, 6) is 0.899. The van der Waals surface area contributed by atoms with Crippen LogP contribution >= 0.6 is 27.3 Å². The number of hydrogen-bond acceptors (Lipinski definition) is 3. The number of thiophene rings is 1. The average Bonchev–Trinajstić information content (AvgIpc) is 3.20. The molecule has 2 atom stereocenters. The summed E-state index contributed by atoms with van der Waals surface area (Å²) < 4.78 is 1.28. The molecule has 1 aromatic rings. The van der Waals surface area contributed by atoms with Crippen LogP contribution < -0.4 is 5.32 Å². The van der Waals surface area contributed by atoms with Crippen LogP contribution in [0.25, 0.3) is 0 Å². The monoisotopic (exact) mass is 356 g/mol. The summed E-state index contributed by atoms with van der Waals surface area (Å²) in [4.78, 5) is 4.24. The molecule has 0 radical (unpaired) electrons. The van der Waals surface area contributed by atoms with Crippen LogP contribution in [0.3, 0.4) is 0 Å². The highest BCUT2D eigenvalue weighted by Crippen LogP contribution is 2.45. The van der Waals surface area contributed by atoms with Crippen molar-refractivity contribution in [3.05, 3.63) is 20.8 Å². The Morgan fingerprint density at radius 2 is 2.30 bits per heavy atom. The summed E-state index contributed by atoms with van der Waals surface area (Å²) >= 11 is 5.58. The molecule has 1 N–H and O–H groups in total. The van der Waals surface area contributed by atoms with E-state index in [4.69, 9.17) is 0 Å². The molecular formula is C16H25BrN2S. The van der Waals surface area contributed by atoms with E-state index >= 15 is 0 Å². The molecule has 4 heteroatoms. The van der Waals surface area contributed by atoms with Crippen molar-refractivity contribution in [2.24, 2.45) is 5.92 Å². The number of rotatable bonds is 5. The van der Waals surface area contributed by atoms with Gasteiger partial charge in [0.2, 0.25) is 0 Å². The second kappa shape index (κ2) is 6.07. The number of hydrogen-bond donors (Lipinski definition) is 1. The van der Waals surface area contributed by atoms with Gasteiger partial charge in [-0.25, -0.2) is 0 Å². The number of piperazine rings is 1. The fraction of sp³-hybridized carbons (Fsp3) is 0.750. The van der Waals surface area contributed by atoms with Crippen LogP contribution in [0.4, 0.5) is 0 Å². The minimum atomic E-state index is 0.355. The van der Waals surface area contributed by atoms with Crippen molar-refractivity contribution in [3.8, 4) is 0 Å². The lowest BCUT2D eigenvalue weighted by Crippen LogP contribution is -2.63. The molecule has 2 heterocycles. The second-order valence-electron chi connectivity index (χ2n) is 6.57. The Hall–Kier alpha value is 0.1000. The van der Waals surface area contributed by atoms with Gasteiger partial charge in [0.25, 0.3) is 0 Å². The van der Waals surface area contributed by atoms with E-state index < -0.39 is 0 Å². The van der Waals surface area contributed by atoms with Crippen LogP contribution in [0, 0.1) is 5.92 Å². The predicted molar refractivity (Wildman–Crippen MR) is 90.3 cm³/mol. The van der Waals surface area contributed by atoms with Crippen LogP contribution in [0.15, 0.2) is 15.9 Å². The first-order valence-corrected chi connectivity index (χ1v) is 9.51. The molecule has 3 rings (SSSR count). The highest BCUT2D eigenvalue weighted by Gasteiger charge is 2.48. The highest BCUT2D eigenvalue weighted by atomic mass is 79.9. The van der Waals surface area contributed by atoms with Crippen molar-refractivity contribution < 1.29 is 0 Å². The van der Waals surface area contributed by atoms with Crippen LogP contribution in [0.5, 0.6) is 0 Å². The van der Waals surface area contributed by atoms with Gasteiger partial charge in [0.05, 0.1) is 0 Å². The van der Waals surface area contributed by atoms with Gasteiger partial charge in [0.1, 0.15) is 0 Å². The van der Waals surface area contributed by atoms with E-state index in [0.29, 0.717) is 11.6 Å². The molecule has 1 aliphatic carbocycles. The van der Waals surface area contributed by atoms with Crippen molar-refractivity contribution in [2.75, 3.05) is 13.1 Å². The highest BCUT2D eigenvalue weighted by molar-refractivity contribution is 9.10. The zero-order valence-electron chi connectivity index (χ0n) is 12.5. The van der Waals surface area contributed by atoms with E-state index in [1.807, 2.05) is 11.3 Å². The van der Waals surface area contributed by atoms with E-state index in [9.17, 15) is 0 Å². The van der Waals surface area contributed by atoms with Crippen LogP contribution in [-0.4, -0.2) is 29.6 Å². The first-order chi connectivity index (χ1) is 9.63. The number of nitrogens with zero attached hydrogens (tertiary/aromatic N) is 1. The van der Waals surface area contributed by atoms with Crippen LogP contribution in [0.2, 0.25) is 0 Å². The van der Waals surface area contributed by atoms with Crippen molar-refractivity contribution in [1.82, 2.24) is 10.2 Å². The quantitative estimate of drug-likeness (QED) is 0.847. The lowest BCUT2D eigenvalue weighted by Gasteiger charge is -2.48. The van der Waals surface area contributed by atoms with Crippen LogP contribution in [-0.2, 0) is 6.54 Å². The van der Waals surface area contributed by atoms with E-state index in [1.165, 1.54) is 41.6 Å². The topological polar surface area (TPSA) is 15.3 Å². The maximum Gasteiger partial charge on any atom is 0.0346 e. The normalized spacial score (nSPS) is 31.6. The second-order valence-corrected chi connectivity index (χ2v) is 8.43. The molecule has 1 aromatic heterocycles. The van der Waals surface area contributed by atoms with Gasteiger partial charge >= 0.3 is 0 Å². The molecule has 112 valence electrons. The van der Waals surface area contributed by atoms with Gasteiger partial charge in [-0.15, -0.1) is 11.3 Å². The van der Waals surface area contributed by atoms with E-state index in [-0.39, 0.29) is 0 Å². The Labute approximate surface area is 135 Å². The molecule has 1 saturated heterocycles. The molecule has 2 unspecified atom stereocenters. The molecule has 20 heavy (non-hydrogen) atoms. The Morgan fingerprint density at radius 3 is 2.90 bits per heavy atom. The first-order valence-electron chi connectivity index (χ1n) is 7.83. The standard InChI is InChI=1S/C16H25BrN2S/c1-3-4-13-9-19(10-15-14(17)7-8-20-15)16(2,11-18-13)12-5-6-12/h7-8,12-13,18H,3-6,9-11H2,1-2H3. The summed E-state index contributed by atoms with van der Waals surface area (Å²) in [6.07, 6.45) is 5.40. The summed E-state index contributed by atoms with van der Waals surface area (Å²) in [6, 6.07) is 2.85. The summed E-state index contributed by atoms with van der Waals surface area (Å²) in [5.41, 5.74) is 0.355. The van der Waals surface area contributed by atoms with E-state index in [0.717, 1.165) is 19.0 Å². The molecular weight excluding hydrogens is 332 g/mol. The lowest BCUT2D eigenvalue weighted by molar-refractivity contribution is 0.0267. The molecule has 2 aliphatic rings. The zero-order valence-corrected chi connectivity index (χ0v) is 14.9. The Kier molecular flexibility index (Phi) is 4.56. The minimum absolute atomic E-state index is 0.355. The lowest BCUT2D eigenvalue weighted by atomic mass is 9.88. The van der Waals surface area contributed by atoms with Gasteiger partial charge < -0.3 is 5.32 Å². The summed E-state index contributed by atoms with van der Waals surface area (Å²) in [7, 11) is 0. The van der Waals surface area contributed by atoms with Crippen molar-refractivity contribution in [2.45, 2.75) is 57.7 Å². The van der Waals surface area contributed by atoms with Gasteiger partial charge in [-0.05, 0) is 59.5 Å². The zero-order chi connectivity index (χ0) is 14.2. The SMILES string of the molecule is CCCC1CN(Cc2sccc2Br)C(C)(C2CC2)CN1. The van der Waals surface area contributed by atoms with Gasteiger partial charge in [0.15, 0.2) is 0 Å². The Bertz CT molecular complexity index is 457. The smallest absolute Gasteiger partial charge is 0.0346 e. The summed E-state index contributed by atoms with van der Waals surface area (Å²) in [6.45, 7) is 8.22. The molecule has 2 nitrogen and oxygen atoms in total. The third kappa shape index (κ3) is 2.99. The molecule has 0 bridgehead atoms. The maximum atomic E-state index is 3.81. The Morgan fingerprint density at radius 1 is 1.50 bits per heavy atom. The Balaban J connectivity index is 1.76. The van der Waals surface area contributed by atoms with Gasteiger partial charge in [-0.1, -0.05) is 13.3 Å². The van der Waals surface area contributed by atoms with Gasteiger partial charge in [-0.2, -0.15) is 0 Å². The molecule has 1 aliphatic heterocycles. The van der Waals surface area contributed by atoms with E-state index in [2.05, 4.69) is 51.4 Å². The third-order valence-electron chi connectivity index (χ3n) is 5.03. The number of halogens is 1. The van der Waals surface area contributed by atoms with E-state index in [1.54, 1.807) is 0 Å². The van der Waals surface area contributed by atoms with Crippen LogP contribution in [0.1, 0.15) is 44.4 Å². The molecule has 2 fully saturated rings. The molecule has 1 saturated carbocycles. The van der Waals surface area contributed by atoms with Gasteiger partial charge in [0, 0.05) is 40.6 Å². The minimum Gasteiger partial charge on any atom is -0.311 e. The fourth-order valence-corrected chi connectivity index (χ4v) is 5.00. The summed E-state index contributed by atoms with van der Waals surface area (Å²) in [5, 5.41) is 6.00. The predicted octanol–water partition coefficient (Wildman–Crippen LogP) is 4.25. The fourth-order valence-electron chi connectivity index (χ4n) is 3.51. The molecule has 0 aromatic carbocycles. The van der Waals surface area contributed by atoms with Crippen molar-refractivity contribution >= 4 is 27.3 Å². The van der Waals surface area contributed by atoms with Gasteiger partial charge in [-0.3, -0.25) is 4.90 Å². The average molecular weight is 357 g/mol. The number of nitrogens with one attached hydrogen (secondary N) is 1. The third-order valence-corrected chi connectivity index (χ3v) is 6.94. The first kappa shape index (κ1) is 15.0. The molecule has 0 amide bonds. The van der Waals surface area contributed by atoms with Crippen molar-refractivity contribution in [1.29, 1.82) is 0 Å². The maximum absolute atomic E-state index is 3.81. The van der Waals surface area contributed by atoms with Crippen molar-refractivity contribution in [3.63, 3.8) is 0 Å². The largest absolute Gasteiger partial charge is 0.311 e. The molecule has 0 spiro atoms.